The molecule has 0 spiro atoms. The van der Waals surface area contributed by atoms with E-state index in [4.69, 9.17) is 9.47 Å². The molecule has 0 radical (unpaired) electrons. The van der Waals surface area contributed by atoms with Crippen LogP contribution in [0.4, 0.5) is 0 Å². The lowest BCUT2D eigenvalue weighted by Gasteiger charge is -2.30. The third-order valence-electron chi connectivity index (χ3n) is 4.80. The molecular formula is C21H27NO2. The van der Waals surface area contributed by atoms with Gasteiger partial charge in [0, 0.05) is 12.0 Å². The van der Waals surface area contributed by atoms with Crippen molar-refractivity contribution >= 4 is 0 Å². The van der Waals surface area contributed by atoms with Crippen molar-refractivity contribution in [2.24, 2.45) is 0 Å². The molecular weight excluding hydrogens is 298 g/mol. The molecule has 1 unspecified atom stereocenters. The van der Waals surface area contributed by atoms with E-state index in [0.717, 1.165) is 31.4 Å². The minimum Gasteiger partial charge on any atom is -0.343 e. The van der Waals surface area contributed by atoms with E-state index < -0.39 is 5.79 Å². The largest absolute Gasteiger partial charge is 0.343 e. The highest BCUT2D eigenvalue weighted by Gasteiger charge is 2.38. The number of nitrogens with one attached hydrogen (secondary N) is 1. The topological polar surface area (TPSA) is 30.5 Å². The summed E-state index contributed by atoms with van der Waals surface area (Å²) in [5, 5.41) is 3.27. The van der Waals surface area contributed by atoms with Crippen LogP contribution in [-0.2, 0) is 15.3 Å². The molecule has 3 nitrogen and oxygen atoms in total. The van der Waals surface area contributed by atoms with Gasteiger partial charge in [0.25, 0.3) is 0 Å². The minimum absolute atomic E-state index is 0.507. The van der Waals surface area contributed by atoms with Crippen molar-refractivity contribution in [3.63, 3.8) is 0 Å². The van der Waals surface area contributed by atoms with Crippen LogP contribution in [0.5, 0.6) is 0 Å². The molecule has 2 aromatic carbocycles. The number of hydrogen-bond donors (Lipinski definition) is 1. The highest BCUT2D eigenvalue weighted by Crippen LogP contribution is 2.39. The van der Waals surface area contributed by atoms with Crippen LogP contribution < -0.4 is 5.32 Å². The summed E-state index contributed by atoms with van der Waals surface area (Å²) in [5.41, 5.74) is 2.52. The molecule has 1 N–H and O–H groups in total. The highest BCUT2D eigenvalue weighted by atomic mass is 16.7. The summed E-state index contributed by atoms with van der Waals surface area (Å²) in [6, 6.07) is 21.1. The fraction of sp³-hybridized carbons (Fsp3) is 0.429. The van der Waals surface area contributed by atoms with Gasteiger partial charge < -0.3 is 14.8 Å². The predicted octanol–water partition coefficient (Wildman–Crippen LogP) is 4.06. The van der Waals surface area contributed by atoms with Gasteiger partial charge in [0.1, 0.15) is 0 Å². The van der Waals surface area contributed by atoms with Gasteiger partial charge in [0.05, 0.1) is 13.2 Å². The van der Waals surface area contributed by atoms with E-state index in [0.29, 0.717) is 19.1 Å². The van der Waals surface area contributed by atoms with Crippen LogP contribution >= 0.6 is 0 Å². The van der Waals surface area contributed by atoms with Crippen molar-refractivity contribution in [1.29, 1.82) is 0 Å². The van der Waals surface area contributed by atoms with Crippen LogP contribution in [0.15, 0.2) is 60.7 Å². The SMILES string of the molecule is CNCCC(CCC1(c2ccccc2)OCCO1)c1ccccc1. The van der Waals surface area contributed by atoms with Crippen LogP contribution in [0.3, 0.4) is 0 Å². The summed E-state index contributed by atoms with van der Waals surface area (Å²) < 4.78 is 12.2. The van der Waals surface area contributed by atoms with Gasteiger partial charge in [-0.2, -0.15) is 0 Å². The lowest BCUT2D eigenvalue weighted by Crippen LogP contribution is -2.28. The number of ether oxygens (including phenoxy) is 2. The maximum absolute atomic E-state index is 6.08. The summed E-state index contributed by atoms with van der Waals surface area (Å²) in [6.45, 7) is 2.35. The average Bonchev–Trinajstić information content (AvgIpc) is 3.13. The number of hydrogen-bond acceptors (Lipinski definition) is 3. The molecule has 128 valence electrons. The third kappa shape index (κ3) is 4.04. The van der Waals surface area contributed by atoms with Gasteiger partial charge in [0.15, 0.2) is 5.79 Å². The van der Waals surface area contributed by atoms with Gasteiger partial charge in [-0.15, -0.1) is 0 Å². The first-order valence-corrected chi connectivity index (χ1v) is 8.87. The van der Waals surface area contributed by atoms with Crippen molar-refractivity contribution < 1.29 is 9.47 Å². The van der Waals surface area contributed by atoms with E-state index in [1.165, 1.54) is 5.56 Å². The summed E-state index contributed by atoms with van der Waals surface area (Å²) in [5.74, 6) is -0.0689. The Bertz CT molecular complexity index is 594. The van der Waals surface area contributed by atoms with Crippen molar-refractivity contribution in [1.82, 2.24) is 5.32 Å². The summed E-state index contributed by atoms with van der Waals surface area (Å²) in [7, 11) is 2.01. The maximum atomic E-state index is 6.08. The number of rotatable bonds is 8. The molecule has 0 aliphatic carbocycles. The van der Waals surface area contributed by atoms with Crippen LogP contribution in [-0.4, -0.2) is 26.8 Å². The van der Waals surface area contributed by atoms with Crippen LogP contribution in [0.25, 0.3) is 0 Å². The van der Waals surface area contributed by atoms with Gasteiger partial charge >= 0.3 is 0 Å². The second kappa shape index (κ2) is 8.43. The van der Waals surface area contributed by atoms with E-state index in [1.54, 1.807) is 0 Å². The average molecular weight is 325 g/mol. The normalized spacial score (nSPS) is 17.7. The molecule has 3 rings (SSSR count). The Labute approximate surface area is 145 Å². The van der Waals surface area contributed by atoms with Crippen LogP contribution in [0.2, 0.25) is 0 Å². The molecule has 0 amide bonds. The molecule has 1 saturated heterocycles. The highest BCUT2D eigenvalue weighted by molar-refractivity contribution is 5.22. The molecule has 0 aromatic heterocycles. The van der Waals surface area contributed by atoms with Crippen LogP contribution in [0, 0.1) is 0 Å². The van der Waals surface area contributed by atoms with Gasteiger partial charge in [-0.3, -0.25) is 0 Å². The second-order valence-electron chi connectivity index (χ2n) is 6.35. The Hall–Kier alpha value is -1.68. The standard InChI is InChI=1S/C21H27NO2/c1-22-15-13-19(18-8-4-2-5-9-18)12-14-21(23-16-17-24-21)20-10-6-3-7-11-20/h2-11,19,22H,12-17H2,1H3. The zero-order valence-corrected chi connectivity index (χ0v) is 14.4. The number of benzene rings is 2. The maximum Gasteiger partial charge on any atom is 0.195 e. The van der Waals surface area contributed by atoms with Gasteiger partial charge in [-0.1, -0.05) is 60.7 Å². The predicted molar refractivity (Wildman–Crippen MR) is 97.0 cm³/mol. The fourth-order valence-corrected chi connectivity index (χ4v) is 3.49. The van der Waals surface area contributed by atoms with E-state index in [1.807, 2.05) is 13.1 Å². The molecule has 2 aromatic rings. The Kier molecular flexibility index (Phi) is 6.02. The molecule has 24 heavy (non-hydrogen) atoms. The van der Waals surface area contributed by atoms with Crippen molar-refractivity contribution in [2.75, 3.05) is 26.8 Å². The quantitative estimate of drug-likeness (QED) is 0.794. The Balaban J connectivity index is 1.74. The zero-order valence-electron chi connectivity index (χ0n) is 14.4. The Morgan fingerprint density at radius 1 is 0.917 bits per heavy atom. The molecule has 1 aliphatic rings. The molecule has 1 fully saturated rings. The first-order chi connectivity index (χ1) is 11.8. The van der Waals surface area contributed by atoms with Crippen molar-refractivity contribution in [3.05, 3.63) is 71.8 Å². The van der Waals surface area contributed by atoms with Gasteiger partial charge in [0.2, 0.25) is 0 Å². The molecule has 1 atom stereocenters. The van der Waals surface area contributed by atoms with E-state index in [2.05, 4.69) is 59.9 Å². The smallest absolute Gasteiger partial charge is 0.195 e. The molecule has 3 heteroatoms. The summed E-state index contributed by atoms with van der Waals surface area (Å²) >= 11 is 0. The van der Waals surface area contributed by atoms with Gasteiger partial charge in [-0.25, -0.2) is 0 Å². The second-order valence-corrected chi connectivity index (χ2v) is 6.35. The molecule has 0 bridgehead atoms. The van der Waals surface area contributed by atoms with E-state index >= 15 is 0 Å². The monoisotopic (exact) mass is 325 g/mol. The Morgan fingerprint density at radius 3 is 2.17 bits per heavy atom. The fourth-order valence-electron chi connectivity index (χ4n) is 3.49. The lowest BCUT2D eigenvalue weighted by atomic mass is 9.88. The van der Waals surface area contributed by atoms with E-state index in [-0.39, 0.29) is 0 Å². The van der Waals surface area contributed by atoms with Crippen molar-refractivity contribution in [2.45, 2.75) is 31.0 Å². The minimum atomic E-state index is -0.575. The van der Waals surface area contributed by atoms with Crippen molar-refractivity contribution in [3.8, 4) is 0 Å². The first-order valence-electron chi connectivity index (χ1n) is 8.87. The van der Waals surface area contributed by atoms with E-state index in [9.17, 15) is 0 Å². The van der Waals surface area contributed by atoms with Gasteiger partial charge in [-0.05, 0) is 37.9 Å². The molecule has 1 aliphatic heterocycles. The summed E-state index contributed by atoms with van der Waals surface area (Å²) in [4.78, 5) is 0. The molecule has 1 heterocycles. The zero-order chi connectivity index (χ0) is 16.7. The third-order valence-corrected chi connectivity index (χ3v) is 4.80. The lowest BCUT2D eigenvalue weighted by molar-refractivity contribution is -0.172. The first kappa shape index (κ1) is 17.2. The Morgan fingerprint density at radius 2 is 1.54 bits per heavy atom. The van der Waals surface area contributed by atoms with Crippen LogP contribution in [0.1, 0.15) is 36.3 Å². The molecule has 0 saturated carbocycles. The summed E-state index contributed by atoms with van der Waals surface area (Å²) in [6.07, 6.45) is 3.03.